The Bertz CT molecular complexity index is 650. The summed E-state index contributed by atoms with van der Waals surface area (Å²) in [7, 11) is 0. The van der Waals surface area contributed by atoms with E-state index in [0.717, 1.165) is 11.3 Å². The number of nitrogens with one attached hydrogen (secondary N) is 1. The molecule has 0 unspecified atom stereocenters. The highest BCUT2D eigenvalue weighted by molar-refractivity contribution is 7.19. The number of ketones is 1. The highest BCUT2D eigenvalue weighted by Crippen LogP contribution is 2.36. The number of Topliss-reactive ketones (excluding diaryl/α,β-unsaturated/α-hetero) is 1. The van der Waals surface area contributed by atoms with E-state index in [4.69, 9.17) is 11.5 Å². The molecule has 0 atom stereocenters. The molecule has 0 aliphatic carbocycles. The number of nitrogen functional groups attached to an aromatic ring is 1. The molecule has 0 saturated heterocycles. The summed E-state index contributed by atoms with van der Waals surface area (Å²) in [6.45, 7) is 2.19. The van der Waals surface area contributed by atoms with Gasteiger partial charge in [0, 0.05) is 19.4 Å². The van der Waals surface area contributed by atoms with Crippen LogP contribution in [0.5, 0.6) is 0 Å². The zero-order valence-electron chi connectivity index (χ0n) is 11.4. The van der Waals surface area contributed by atoms with Gasteiger partial charge in [0.15, 0.2) is 11.6 Å². The van der Waals surface area contributed by atoms with E-state index in [1.807, 2.05) is 0 Å². The summed E-state index contributed by atoms with van der Waals surface area (Å²) in [4.78, 5) is 27.6. The molecule has 0 aromatic carbocycles. The fourth-order valence-electron chi connectivity index (χ4n) is 1.77. The van der Waals surface area contributed by atoms with Gasteiger partial charge in [-0.1, -0.05) is 12.1 Å². The molecule has 0 radical (unpaired) electrons. The molecular weight excluding hydrogens is 294 g/mol. The average molecular weight is 309 g/mol. The molecule has 2 rings (SSSR count). The monoisotopic (exact) mass is 309 g/mol. The third kappa shape index (κ3) is 3.19. The molecule has 0 aliphatic heterocycles. The molecule has 8 nitrogen and oxygen atoms in total. The van der Waals surface area contributed by atoms with E-state index < -0.39 is 5.91 Å². The first kappa shape index (κ1) is 15.0. The fourth-order valence-corrected chi connectivity index (χ4v) is 2.93. The lowest BCUT2D eigenvalue weighted by atomic mass is 10.1. The van der Waals surface area contributed by atoms with Gasteiger partial charge in [-0.05, 0) is 0 Å². The lowest BCUT2D eigenvalue weighted by Crippen LogP contribution is -2.16. The van der Waals surface area contributed by atoms with Crippen molar-refractivity contribution in [2.45, 2.75) is 19.8 Å². The molecule has 1 amide bonds. The van der Waals surface area contributed by atoms with Crippen molar-refractivity contribution < 1.29 is 14.1 Å². The minimum Gasteiger partial charge on any atom is -0.397 e. The van der Waals surface area contributed by atoms with Crippen LogP contribution in [0.25, 0.3) is 0 Å². The summed E-state index contributed by atoms with van der Waals surface area (Å²) in [5, 5.41) is 7.20. The van der Waals surface area contributed by atoms with E-state index >= 15 is 0 Å². The number of thiophene rings is 1. The molecule has 112 valence electrons. The minimum absolute atomic E-state index is 0.119. The van der Waals surface area contributed by atoms with E-state index in [0.29, 0.717) is 35.1 Å². The number of carbonyl (C=O) groups is 2. The zero-order chi connectivity index (χ0) is 15.4. The number of amides is 1. The van der Waals surface area contributed by atoms with Crippen molar-refractivity contribution in [2.75, 3.05) is 17.6 Å². The van der Waals surface area contributed by atoms with Crippen molar-refractivity contribution >= 4 is 33.7 Å². The quantitative estimate of drug-likeness (QED) is 0.650. The van der Waals surface area contributed by atoms with Gasteiger partial charge in [-0.2, -0.15) is 4.98 Å². The van der Waals surface area contributed by atoms with Crippen LogP contribution < -0.4 is 16.8 Å². The second-order valence-corrected chi connectivity index (χ2v) is 5.23. The summed E-state index contributed by atoms with van der Waals surface area (Å²) in [5.41, 5.74) is 11.5. The van der Waals surface area contributed by atoms with Gasteiger partial charge in [0.25, 0.3) is 5.91 Å². The molecule has 0 bridgehead atoms. The van der Waals surface area contributed by atoms with Crippen LogP contribution in [0.15, 0.2) is 10.9 Å². The molecule has 2 aromatic heterocycles. The van der Waals surface area contributed by atoms with Crippen LogP contribution in [0.2, 0.25) is 0 Å². The van der Waals surface area contributed by atoms with Crippen LogP contribution in [0.1, 0.15) is 39.2 Å². The van der Waals surface area contributed by atoms with Crippen LogP contribution in [0.4, 0.5) is 10.7 Å². The first-order valence-electron chi connectivity index (χ1n) is 6.29. The molecule has 0 aliphatic rings. The summed E-state index contributed by atoms with van der Waals surface area (Å²) in [6.07, 6.45) is 2.06. The van der Waals surface area contributed by atoms with Gasteiger partial charge in [0.1, 0.15) is 5.00 Å². The number of anilines is 2. The maximum atomic E-state index is 11.8. The molecule has 2 aromatic rings. The Morgan fingerprint density at radius 3 is 2.81 bits per heavy atom. The largest absolute Gasteiger partial charge is 0.397 e. The van der Waals surface area contributed by atoms with E-state index in [9.17, 15) is 9.59 Å². The van der Waals surface area contributed by atoms with Gasteiger partial charge < -0.3 is 21.3 Å². The summed E-state index contributed by atoms with van der Waals surface area (Å²) in [5.74, 6) is -0.246. The predicted octanol–water partition coefficient (Wildman–Crippen LogP) is 1.06. The van der Waals surface area contributed by atoms with Crippen LogP contribution >= 0.6 is 11.3 Å². The molecule has 0 spiro atoms. The number of carbonyl (C=O) groups excluding carboxylic acids is 2. The maximum absolute atomic E-state index is 11.8. The lowest BCUT2D eigenvalue weighted by molar-refractivity contribution is 0.0991. The Balaban J connectivity index is 2.17. The third-order valence-corrected chi connectivity index (χ3v) is 4.01. The Hall–Kier alpha value is -2.42. The van der Waals surface area contributed by atoms with Crippen LogP contribution in [0.3, 0.4) is 0 Å². The van der Waals surface area contributed by atoms with E-state index in [1.54, 1.807) is 6.92 Å². The number of nitrogens with zero attached hydrogens (tertiary/aromatic N) is 2. The smallest absolute Gasteiger partial charge is 0.253 e. The van der Waals surface area contributed by atoms with Crippen molar-refractivity contribution in [3.8, 4) is 0 Å². The third-order valence-electron chi connectivity index (χ3n) is 2.81. The first-order chi connectivity index (χ1) is 10.0. The van der Waals surface area contributed by atoms with Gasteiger partial charge in [-0.3, -0.25) is 9.59 Å². The molecule has 2 heterocycles. The number of nitrogens with two attached hydrogens (primary N) is 2. The lowest BCUT2D eigenvalue weighted by Gasteiger charge is -2.03. The van der Waals surface area contributed by atoms with Gasteiger partial charge in [-0.15, -0.1) is 11.3 Å². The average Bonchev–Trinajstić information content (AvgIpc) is 3.06. The number of rotatable bonds is 7. The number of hydrogen-bond donors (Lipinski definition) is 3. The topological polar surface area (TPSA) is 137 Å². The van der Waals surface area contributed by atoms with E-state index in [-0.39, 0.29) is 17.0 Å². The fraction of sp³-hybridized carbons (Fsp3) is 0.333. The summed E-state index contributed by atoms with van der Waals surface area (Å²) >= 11 is 1.13. The maximum Gasteiger partial charge on any atom is 0.253 e. The minimum atomic E-state index is -0.666. The highest BCUT2D eigenvalue weighted by Gasteiger charge is 2.23. The second kappa shape index (κ2) is 6.35. The summed E-state index contributed by atoms with van der Waals surface area (Å²) in [6, 6.07) is 0. The Kier molecular flexibility index (Phi) is 4.53. The molecule has 0 fully saturated rings. The van der Waals surface area contributed by atoms with Crippen molar-refractivity contribution in [1.82, 2.24) is 10.1 Å². The van der Waals surface area contributed by atoms with Gasteiger partial charge in [-0.25, -0.2) is 0 Å². The summed E-state index contributed by atoms with van der Waals surface area (Å²) < 4.78 is 4.62. The van der Waals surface area contributed by atoms with Gasteiger partial charge in [0.05, 0.1) is 16.1 Å². The molecule has 5 N–H and O–H groups in total. The zero-order valence-corrected chi connectivity index (χ0v) is 12.2. The van der Waals surface area contributed by atoms with Crippen molar-refractivity contribution in [2.24, 2.45) is 5.73 Å². The normalized spacial score (nSPS) is 10.5. The van der Waals surface area contributed by atoms with Crippen molar-refractivity contribution in [3.05, 3.63) is 22.7 Å². The van der Waals surface area contributed by atoms with Gasteiger partial charge >= 0.3 is 0 Å². The number of aromatic nitrogens is 2. The van der Waals surface area contributed by atoms with Crippen LogP contribution in [-0.4, -0.2) is 28.4 Å². The van der Waals surface area contributed by atoms with Crippen molar-refractivity contribution in [3.63, 3.8) is 0 Å². The first-order valence-corrected chi connectivity index (χ1v) is 7.10. The Morgan fingerprint density at radius 1 is 1.48 bits per heavy atom. The Labute approximate surface area is 124 Å². The van der Waals surface area contributed by atoms with E-state index in [1.165, 1.54) is 6.39 Å². The van der Waals surface area contributed by atoms with Crippen LogP contribution in [-0.2, 0) is 6.42 Å². The standard InChI is InChI=1S/C12H15N5O3S/c1-2-6(18)10-9(13)8(11(14)19)12(21-10)15-4-3-7-16-5-20-17-7/h5,15H,2-4,13H2,1H3,(H2,14,19). The molecule has 9 heteroatoms. The van der Waals surface area contributed by atoms with Crippen molar-refractivity contribution in [1.29, 1.82) is 0 Å². The Morgan fingerprint density at radius 2 is 2.24 bits per heavy atom. The van der Waals surface area contributed by atoms with Crippen LogP contribution in [0, 0.1) is 0 Å². The van der Waals surface area contributed by atoms with Gasteiger partial charge in [0.2, 0.25) is 6.39 Å². The number of hydrogen-bond acceptors (Lipinski definition) is 8. The SMILES string of the molecule is CCC(=O)c1sc(NCCc2ncon2)c(C(N)=O)c1N. The molecular formula is C12H15N5O3S. The second-order valence-electron chi connectivity index (χ2n) is 4.21. The molecule has 0 saturated carbocycles. The predicted molar refractivity (Wildman–Crippen MR) is 78.4 cm³/mol. The number of primary amides is 1. The van der Waals surface area contributed by atoms with E-state index in [2.05, 4.69) is 20.0 Å². The molecule has 21 heavy (non-hydrogen) atoms. The highest BCUT2D eigenvalue weighted by atomic mass is 32.1.